The van der Waals surface area contributed by atoms with E-state index in [1.165, 1.54) is 0 Å². The van der Waals surface area contributed by atoms with Crippen molar-refractivity contribution in [3.05, 3.63) is 12.0 Å². The SMILES string of the molecule is CCCCn1nc(CC(C)C)c2c(N3C[C@H]4C[C@@]4(CO)C3)ncnc21. The van der Waals surface area contributed by atoms with Gasteiger partial charge in [-0.3, -0.25) is 0 Å². The smallest absolute Gasteiger partial charge is 0.163 e. The number of nitrogens with zero attached hydrogens (tertiary/aromatic N) is 5. The van der Waals surface area contributed by atoms with E-state index >= 15 is 0 Å². The quantitative estimate of drug-likeness (QED) is 0.837. The van der Waals surface area contributed by atoms with Gasteiger partial charge in [0.1, 0.15) is 12.1 Å². The number of aryl methyl sites for hydroxylation is 1. The summed E-state index contributed by atoms with van der Waals surface area (Å²) < 4.78 is 2.07. The number of piperidine rings is 1. The normalized spacial score (nSPS) is 25.2. The molecule has 2 fully saturated rings. The zero-order chi connectivity index (χ0) is 17.6. The minimum atomic E-state index is 0.119. The summed E-state index contributed by atoms with van der Waals surface area (Å²) in [4.78, 5) is 11.6. The summed E-state index contributed by atoms with van der Waals surface area (Å²) in [7, 11) is 0. The standard InChI is InChI=1S/C19H29N5O/c1-4-5-6-24-18-16(15(22-24)7-13(2)3)17(20-12-21-18)23-9-14-8-19(14,10-23)11-25/h12-14,25H,4-11H2,1-3H3/t14-,19+/m1/s1. The zero-order valence-electron chi connectivity index (χ0n) is 15.6. The van der Waals surface area contributed by atoms with Crippen molar-refractivity contribution >= 4 is 16.9 Å². The summed E-state index contributed by atoms with van der Waals surface area (Å²) >= 11 is 0. The number of unbranched alkanes of at least 4 members (excludes halogenated alkanes) is 1. The van der Waals surface area contributed by atoms with Crippen molar-refractivity contribution in [2.24, 2.45) is 17.3 Å². The summed E-state index contributed by atoms with van der Waals surface area (Å²) in [5, 5.41) is 15.8. The van der Waals surface area contributed by atoms with Crippen molar-refractivity contribution in [3.63, 3.8) is 0 Å². The molecule has 1 saturated heterocycles. The third-order valence-electron chi connectivity index (χ3n) is 5.83. The van der Waals surface area contributed by atoms with Crippen LogP contribution in [-0.4, -0.2) is 44.6 Å². The van der Waals surface area contributed by atoms with E-state index in [1.807, 2.05) is 0 Å². The highest BCUT2D eigenvalue weighted by Gasteiger charge is 2.59. The van der Waals surface area contributed by atoms with Crippen LogP contribution in [0.4, 0.5) is 5.82 Å². The molecule has 4 rings (SSSR count). The lowest BCUT2D eigenvalue weighted by atomic mass is 10.1. The van der Waals surface area contributed by atoms with Gasteiger partial charge in [-0.2, -0.15) is 5.10 Å². The number of aliphatic hydroxyl groups excluding tert-OH is 1. The Labute approximate surface area is 149 Å². The number of fused-ring (bicyclic) bond motifs is 2. The largest absolute Gasteiger partial charge is 0.396 e. The summed E-state index contributed by atoms with van der Waals surface area (Å²) in [5.74, 6) is 2.18. The molecule has 1 saturated carbocycles. The molecule has 2 aliphatic rings. The number of aliphatic hydroxyl groups is 1. The molecule has 0 amide bonds. The summed E-state index contributed by atoms with van der Waals surface area (Å²) in [6, 6.07) is 0. The maximum Gasteiger partial charge on any atom is 0.163 e. The molecule has 0 radical (unpaired) electrons. The third kappa shape index (κ3) is 2.80. The maximum absolute atomic E-state index is 9.74. The Morgan fingerprint density at radius 2 is 2.20 bits per heavy atom. The van der Waals surface area contributed by atoms with Gasteiger partial charge in [0.2, 0.25) is 0 Å². The van der Waals surface area contributed by atoms with Crippen molar-refractivity contribution in [1.29, 1.82) is 0 Å². The molecule has 1 aliphatic heterocycles. The summed E-state index contributed by atoms with van der Waals surface area (Å²) in [6.07, 6.45) is 6.03. The van der Waals surface area contributed by atoms with Crippen LogP contribution in [0, 0.1) is 17.3 Å². The minimum absolute atomic E-state index is 0.119. The molecule has 0 bridgehead atoms. The van der Waals surface area contributed by atoms with E-state index in [0.717, 1.165) is 67.9 Å². The molecule has 25 heavy (non-hydrogen) atoms. The van der Waals surface area contributed by atoms with Crippen LogP contribution >= 0.6 is 0 Å². The highest BCUT2D eigenvalue weighted by atomic mass is 16.3. The van der Waals surface area contributed by atoms with Crippen molar-refractivity contribution < 1.29 is 5.11 Å². The Bertz CT molecular complexity index is 767. The minimum Gasteiger partial charge on any atom is -0.396 e. The molecule has 0 unspecified atom stereocenters. The molecule has 2 atom stereocenters. The first-order valence-corrected chi connectivity index (χ1v) is 9.64. The van der Waals surface area contributed by atoms with Crippen LogP contribution in [0.25, 0.3) is 11.0 Å². The van der Waals surface area contributed by atoms with Gasteiger partial charge in [0, 0.05) is 25.0 Å². The van der Waals surface area contributed by atoms with E-state index in [0.29, 0.717) is 11.8 Å². The van der Waals surface area contributed by atoms with Crippen LogP contribution in [0.5, 0.6) is 0 Å². The van der Waals surface area contributed by atoms with Crippen molar-refractivity contribution in [1.82, 2.24) is 19.7 Å². The molecule has 6 heteroatoms. The van der Waals surface area contributed by atoms with Gasteiger partial charge in [-0.1, -0.05) is 27.2 Å². The molecule has 3 heterocycles. The van der Waals surface area contributed by atoms with E-state index < -0.39 is 0 Å². The molecule has 0 aromatic carbocycles. The molecule has 0 spiro atoms. The Kier molecular flexibility index (Phi) is 4.18. The first-order chi connectivity index (χ1) is 12.1. The highest BCUT2D eigenvalue weighted by molar-refractivity contribution is 5.90. The lowest BCUT2D eigenvalue weighted by molar-refractivity contribution is 0.216. The number of hydrogen-bond donors (Lipinski definition) is 1. The fourth-order valence-corrected chi connectivity index (χ4v) is 4.30. The lowest BCUT2D eigenvalue weighted by Crippen LogP contribution is -2.27. The Hall–Kier alpha value is -1.69. The number of rotatable bonds is 7. The molecule has 1 N–H and O–H groups in total. The Balaban J connectivity index is 1.75. The average Bonchev–Trinajstić information content (AvgIpc) is 2.99. The van der Waals surface area contributed by atoms with Gasteiger partial charge in [0.05, 0.1) is 17.7 Å². The highest BCUT2D eigenvalue weighted by Crippen LogP contribution is 2.58. The van der Waals surface area contributed by atoms with E-state index in [1.54, 1.807) is 6.33 Å². The Morgan fingerprint density at radius 3 is 2.88 bits per heavy atom. The number of aromatic nitrogens is 4. The predicted molar refractivity (Wildman–Crippen MR) is 98.6 cm³/mol. The molecule has 6 nitrogen and oxygen atoms in total. The zero-order valence-corrected chi connectivity index (χ0v) is 15.6. The molecule has 1 aliphatic carbocycles. The second-order valence-electron chi connectivity index (χ2n) is 8.32. The first-order valence-electron chi connectivity index (χ1n) is 9.64. The van der Waals surface area contributed by atoms with E-state index in [2.05, 4.69) is 40.3 Å². The molecular weight excluding hydrogens is 314 g/mol. The first kappa shape index (κ1) is 16.8. The monoisotopic (exact) mass is 343 g/mol. The van der Waals surface area contributed by atoms with Crippen molar-refractivity contribution in [2.45, 2.75) is 53.0 Å². The van der Waals surface area contributed by atoms with Gasteiger partial charge in [-0.25, -0.2) is 14.6 Å². The summed E-state index contributed by atoms with van der Waals surface area (Å²) in [6.45, 7) is 9.75. The Morgan fingerprint density at radius 1 is 1.36 bits per heavy atom. The fourth-order valence-electron chi connectivity index (χ4n) is 4.30. The van der Waals surface area contributed by atoms with Gasteiger partial charge < -0.3 is 10.0 Å². The predicted octanol–water partition coefficient (Wildman–Crippen LogP) is 2.64. The van der Waals surface area contributed by atoms with Crippen LogP contribution < -0.4 is 4.90 Å². The van der Waals surface area contributed by atoms with Gasteiger partial charge in [-0.15, -0.1) is 0 Å². The third-order valence-corrected chi connectivity index (χ3v) is 5.83. The van der Waals surface area contributed by atoms with E-state index in [-0.39, 0.29) is 12.0 Å². The molecule has 2 aromatic heterocycles. The second-order valence-corrected chi connectivity index (χ2v) is 8.32. The molecular formula is C19H29N5O. The van der Waals surface area contributed by atoms with Crippen LogP contribution in [-0.2, 0) is 13.0 Å². The summed E-state index contributed by atoms with van der Waals surface area (Å²) in [5.41, 5.74) is 2.20. The van der Waals surface area contributed by atoms with E-state index in [9.17, 15) is 5.11 Å². The lowest BCUT2D eigenvalue weighted by Gasteiger charge is -2.22. The van der Waals surface area contributed by atoms with Crippen LogP contribution in [0.15, 0.2) is 6.33 Å². The number of anilines is 1. The van der Waals surface area contributed by atoms with Gasteiger partial charge in [0.15, 0.2) is 5.65 Å². The topological polar surface area (TPSA) is 67.1 Å². The van der Waals surface area contributed by atoms with Gasteiger partial charge in [-0.05, 0) is 31.1 Å². The van der Waals surface area contributed by atoms with Crippen molar-refractivity contribution in [3.8, 4) is 0 Å². The van der Waals surface area contributed by atoms with Gasteiger partial charge >= 0.3 is 0 Å². The van der Waals surface area contributed by atoms with Crippen molar-refractivity contribution in [2.75, 3.05) is 24.6 Å². The molecule has 136 valence electrons. The number of hydrogen-bond acceptors (Lipinski definition) is 5. The molecule has 2 aromatic rings. The van der Waals surface area contributed by atoms with Crippen LogP contribution in [0.2, 0.25) is 0 Å². The second kappa shape index (κ2) is 6.24. The van der Waals surface area contributed by atoms with Crippen LogP contribution in [0.1, 0.15) is 45.7 Å². The van der Waals surface area contributed by atoms with Crippen LogP contribution in [0.3, 0.4) is 0 Å². The van der Waals surface area contributed by atoms with Gasteiger partial charge in [0.25, 0.3) is 0 Å². The average molecular weight is 343 g/mol. The fraction of sp³-hybridized carbons (Fsp3) is 0.737. The van der Waals surface area contributed by atoms with E-state index in [4.69, 9.17) is 5.10 Å². The maximum atomic E-state index is 9.74.